The van der Waals surface area contributed by atoms with Crippen LogP contribution in [0.1, 0.15) is 30.3 Å². The highest BCUT2D eigenvalue weighted by atomic mass is 32.2. The zero-order valence-corrected chi connectivity index (χ0v) is 18.0. The molecule has 1 saturated heterocycles. The number of phenols is 1. The first-order valence-electron chi connectivity index (χ1n) is 9.35. The van der Waals surface area contributed by atoms with Gasteiger partial charge in [0.15, 0.2) is 0 Å². The maximum atomic E-state index is 12.5. The molecular formula is C21H22N2O5S2. The maximum absolute atomic E-state index is 12.5. The lowest BCUT2D eigenvalue weighted by Crippen LogP contribution is -2.33. The van der Waals surface area contributed by atoms with Crippen LogP contribution < -0.4 is 0 Å². The first-order valence-corrected chi connectivity index (χ1v) is 10.6. The molecule has 1 aliphatic rings. The predicted octanol–water partition coefficient (Wildman–Crippen LogP) is 3.16. The van der Waals surface area contributed by atoms with Gasteiger partial charge in [0.2, 0.25) is 5.91 Å². The van der Waals surface area contributed by atoms with Gasteiger partial charge in [-0.2, -0.15) is 0 Å². The summed E-state index contributed by atoms with van der Waals surface area (Å²) in [5, 5.41) is 19.6. The fourth-order valence-electron chi connectivity index (χ4n) is 2.94. The fraction of sp³-hybridized carbons (Fsp3) is 0.286. The number of carbonyl (C=O) groups excluding carboxylic acids is 2. The molecule has 30 heavy (non-hydrogen) atoms. The van der Waals surface area contributed by atoms with E-state index < -0.39 is 6.10 Å². The molecule has 1 atom stereocenters. The third-order valence-corrected chi connectivity index (χ3v) is 5.99. The van der Waals surface area contributed by atoms with Crippen molar-refractivity contribution in [3.63, 3.8) is 0 Å². The summed E-state index contributed by atoms with van der Waals surface area (Å²) in [6.45, 7) is 0.483. The molecule has 158 valence electrons. The van der Waals surface area contributed by atoms with Crippen LogP contribution in [0.5, 0.6) is 5.75 Å². The van der Waals surface area contributed by atoms with Crippen LogP contribution in [0, 0.1) is 0 Å². The third kappa shape index (κ3) is 5.50. The van der Waals surface area contributed by atoms with E-state index in [1.807, 2.05) is 0 Å². The van der Waals surface area contributed by atoms with Crippen molar-refractivity contribution in [2.75, 3.05) is 20.1 Å². The van der Waals surface area contributed by atoms with E-state index in [0.717, 1.165) is 0 Å². The van der Waals surface area contributed by atoms with Gasteiger partial charge in [-0.3, -0.25) is 14.5 Å². The molecule has 9 heteroatoms. The second kappa shape index (κ2) is 9.92. The zero-order valence-electron chi connectivity index (χ0n) is 16.4. The Morgan fingerprint density at radius 1 is 1.33 bits per heavy atom. The van der Waals surface area contributed by atoms with E-state index in [-0.39, 0.29) is 30.5 Å². The predicted molar refractivity (Wildman–Crippen MR) is 119 cm³/mol. The Hall–Kier alpha value is -2.62. The van der Waals surface area contributed by atoms with Gasteiger partial charge in [-0.1, -0.05) is 36.1 Å². The highest BCUT2D eigenvalue weighted by Gasteiger charge is 2.32. The Kier molecular flexibility index (Phi) is 7.30. The molecule has 0 unspecified atom stereocenters. The average molecular weight is 447 g/mol. The van der Waals surface area contributed by atoms with Crippen LogP contribution in [0.4, 0.5) is 0 Å². The molecule has 1 aliphatic heterocycles. The quantitative estimate of drug-likeness (QED) is 0.475. The molecule has 2 N–H and O–H groups in total. The van der Waals surface area contributed by atoms with Gasteiger partial charge in [0.25, 0.3) is 5.91 Å². The summed E-state index contributed by atoms with van der Waals surface area (Å²) >= 11 is 6.51. The number of aliphatic hydroxyl groups excluding tert-OH is 1. The molecule has 2 aromatic rings. The Balaban J connectivity index is 1.47. The molecule has 2 amide bonds. The van der Waals surface area contributed by atoms with Crippen molar-refractivity contribution in [3.05, 3.63) is 58.9 Å². The summed E-state index contributed by atoms with van der Waals surface area (Å²) < 4.78 is 5.70. The number of nitrogens with zero attached hydrogens (tertiary/aromatic N) is 2. The van der Waals surface area contributed by atoms with Gasteiger partial charge < -0.3 is 19.5 Å². The third-order valence-electron chi connectivity index (χ3n) is 4.61. The number of aromatic hydroxyl groups is 1. The number of thioether (sulfide) groups is 1. The number of carbonyl (C=O) groups is 2. The van der Waals surface area contributed by atoms with Crippen molar-refractivity contribution in [1.29, 1.82) is 0 Å². The van der Waals surface area contributed by atoms with Gasteiger partial charge in [0, 0.05) is 26.1 Å². The van der Waals surface area contributed by atoms with Crippen LogP contribution in [-0.4, -0.2) is 56.3 Å². The number of rotatable bonds is 8. The summed E-state index contributed by atoms with van der Waals surface area (Å²) in [5.41, 5.74) is 0.619. The molecule has 0 spiro atoms. The number of hydrogen-bond donors (Lipinski definition) is 2. The smallest absolute Gasteiger partial charge is 0.266 e. The number of thiocarbonyl (C=S) groups is 1. The highest BCUT2D eigenvalue weighted by molar-refractivity contribution is 8.26. The minimum absolute atomic E-state index is 0.116. The number of furan rings is 1. The molecule has 1 fully saturated rings. The van der Waals surface area contributed by atoms with Crippen LogP contribution in [0.2, 0.25) is 0 Å². The van der Waals surface area contributed by atoms with Crippen LogP contribution in [-0.2, 0) is 9.59 Å². The molecule has 3 rings (SSSR count). The number of phenolic OH excluding ortho intramolecular Hbond substituents is 1. The van der Waals surface area contributed by atoms with E-state index in [0.29, 0.717) is 33.5 Å². The van der Waals surface area contributed by atoms with Gasteiger partial charge in [-0.15, -0.1) is 0 Å². The molecule has 2 heterocycles. The minimum Gasteiger partial charge on any atom is -0.508 e. The molecule has 0 bridgehead atoms. The van der Waals surface area contributed by atoms with Gasteiger partial charge in [-0.05, 0) is 36.2 Å². The van der Waals surface area contributed by atoms with E-state index in [1.165, 1.54) is 40.0 Å². The lowest BCUT2D eigenvalue weighted by molar-refractivity contribution is -0.131. The second-order valence-electron chi connectivity index (χ2n) is 6.83. The van der Waals surface area contributed by atoms with Crippen molar-refractivity contribution >= 4 is 46.2 Å². The molecular weight excluding hydrogens is 424 g/mol. The largest absolute Gasteiger partial charge is 0.508 e. The lowest BCUT2D eigenvalue weighted by Gasteiger charge is -2.22. The number of amides is 2. The Morgan fingerprint density at radius 2 is 2.07 bits per heavy atom. The normalized spacial score (nSPS) is 16.3. The molecule has 7 nitrogen and oxygen atoms in total. The monoisotopic (exact) mass is 446 g/mol. The van der Waals surface area contributed by atoms with Crippen molar-refractivity contribution in [2.24, 2.45) is 0 Å². The molecule has 1 aromatic heterocycles. The number of likely N-dealkylation sites (N-methyl/N-ethyl adjacent to an activating group) is 1. The van der Waals surface area contributed by atoms with E-state index >= 15 is 0 Å². The standard InChI is InChI=1S/C21H22N2O5S2/c1-22(13-17(25)14-6-8-15(24)9-7-14)19(26)5-2-10-23-20(27)18(30-21(23)29)12-16-4-3-11-28-16/h3-4,6-9,11-12,17,24-25H,2,5,10,13H2,1H3/b18-12+/t17-/m0/s1. The highest BCUT2D eigenvalue weighted by Crippen LogP contribution is 2.32. The van der Waals surface area contributed by atoms with E-state index in [1.54, 1.807) is 37.4 Å². The Labute approximate surface area is 184 Å². The summed E-state index contributed by atoms with van der Waals surface area (Å²) in [4.78, 5) is 28.4. The fourth-order valence-corrected chi connectivity index (χ4v) is 4.23. The number of benzene rings is 1. The van der Waals surface area contributed by atoms with Crippen LogP contribution >= 0.6 is 24.0 Å². The summed E-state index contributed by atoms with van der Waals surface area (Å²) in [5.74, 6) is 0.374. The van der Waals surface area contributed by atoms with Gasteiger partial charge in [-0.25, -0.2) is 0 Å². The first kappa shape index (κ1) is 22.1. The summed E-state index contributed by atoms with van der Waals surface area (Å²) in [7, 11) is 1.62. The van der Waals surface area contributed by atoms with E-state index in [2.05, 4.69) is 0 Å². The summed E-state index contributed by atoms with van der Waals surface area (Å²) in [6, 6.07) is 9.71. The van der Waals surface area contributed by atoms with Crippen LogP contribution in [0.3, 0.4) is 0 Å². The van der Waals surface area contributed by atoms with Gasteiger partial charge >= 0.3 is 0 Å². The van der Waals surface area contributed by atoms with Crippen molar-refractivity contribution in [2.45, 2.75) is 18.9 Å². The Morgan fingerprint density at radius 3 is 2.73 bits per heavy atom. The maximum Gasteiger partial charge on any atom is 0.266 e. The van der Waals surface area contributed by atoms with E-state index in [9.17, 15) is 19.8 Å². The topological polar surface area (TPSA) is 94.2 Å². The van der Waals surface area contributed by atoms with Crippen molar-refractivity contribution in [3.8, 4) is 5.75 Å². The molecule has 0 saturated carbocycles. The molecule has 0 radical (unpaired) electrons. The molecule has 0 aliphatic carbocycles. The molecule has 1 aromatic carbocycles. The number of hydrogen-bond acceptors (Lipinski definition) is 7. The van der Waals surface area contributed by atoms with Crippen molar-refractivity contribution < 1.29 is 24.2 Å². The Bertz CT molecular complexity index is 941. The SMILES string of the molecule is CN(C[C@H](O)c1ccc(O)cc1)C(=O)CCCN1C(=O)/C(=C\c2ccco2)SC1=S. The van der Waals surface area contributed by atoms with Crippen molar-refractivity contribution in [1.82, 2.24) is 9.80 Å². The van der Waals surface area contributed by atoms with Crippen LogP contribution in [0.25, 0.3) is 6.08 Å². The minimum atomic E-state index is -0.849. The van der Waals surface area contributed by atoms with E-state index in [4.69, 9.17) is 16.6 Å². The second-order valence-corrected chi connectivity index (χ2v) is 8.51. The van der Waals surface area contributed by atoms with Gasteiger partial charge in [0.1, 0.15) is 15.8 Å². The lowest BCUT2D eigenvalue weighted by atomic mass is 10.1. The zero-order chi connectivity index (χ0) is 21.7. The average Bonchev–Trinajstić information content (AvgIpc) is 3.32. The first-order chi connectivity index (χ1) is 14.3. The van der Waals surface area contributed by atoms with Gasteiger partial charge in [0.05, 0.1) is 23.8 Å². The number of aliphatic hydroxyl groups is 1. The summed E-state index contributed by atoms with van der Waals surface area (Å²) in [6.07, 6.45) is 3.03. The van der Waals surface area contributed by atoms with Crippen LogP contribution in [0.15, 0.2) is 52.0 Å².